The fourth-order valence-electron chi connectivity index (χ4n) is 3.28. The largest absolute Gasteiger partial charge is 1.00 e. The van der Waals surface area contributed by atoms with E-state index in [1.807, 2.05) is 32.2 Å². The number of carbonyl (C=O) groups is 2. The third kappa shape index (κ3) is 17.7. The summed E-state index contributed by atoms with van der Waals surface area (Å²) in [5.41, 5.74) is 2.92. The predicted molar refractivity (Wildman–Crippen MR) is 159 cm³/mol. The first-order chi connectivity index (χ1) is 19.2. The van der Waals surface area contributed by atoms with Crippen molar-refractivity contribution >= 4 is 12.1 Å². The van der Waals surface area contributed by atoms with Gasteiger partial charge in [0.05, 0.1) is 13.2 Å². The van der Waals surface area contributed by atoms with Gasteiger partial charge in [0.25, 0.3) is 0 Å². The second-order valence-electron chi connectivity index (χ2n) is 9.78. The van der Waals surface area contributed by atoms with Crippen molar-refractivity contribution in [1.29, 1.82) is 0 Å². The van der Waals surface area contributed by atoms with Gasteiger partial charge >= 0.3 is 35.7 Å². The molecule has 2 atom stereocenters. The molecule has 0 radical (unpaired) electrons. The van der Waals surface area contributed by atoms with Crippen LogP contribution in [0, 0.1) is 12.8 Å². The quantitative estimate of drug-likeness (QED) is 0.303. The summed E-state index contributed by atoms with van der Waals surface area (Å²) < 4.78 is 23.3. The molecular formula is C32H44FN2NaO6. The minimum absolute atomic E-state index is 0. The fraction of sp³-hybridized carbons (Fsp3) is 0.406. The molecule has 8 nitrogen and oxygen atoms in total. The molecule has 0 aliphatic heterocycles. The van der Waals surface area contributed by atoms with Gasteiger partial charge in [0.1, 0.15) is 11.4 Å². The first-order valence-corrected chi connectivity index (χ1v) is 13.3. The number of alkyl carbamates (subject to hydrolysis) is 1. The van der Waals surface area contributed by atoms with E-state index in [0.717, 1.165) is 5.56 Å². The van der Waals surface area contributed by atoms with E-state index >= 15 is 0 Å². The summed E-state index contributed by atoms with van der Waals surface area (Å²) in [4.78, 5) is 26.8. The molecule has 1 aromatic heterocycles. The number of carbonyl (C=O) groups excluding carboxylic acids is 2. The molecule has 226 valence electrons. The van der Waals surface area contributed by atoms with Crippen LogP contribution >= 0.6 is 0 Å². The number of aliphatic hydroxyl groups excluding tert-OH is 1. The Hall–Kier alpha value is -2.98. The molecule has 1 heterocycles. The molecule has 10 heteroatoms. The number of benzene rings is 1. The van der Waals surface area contributed by atoms with Gasteiger partial charge in [-0.15, -0.1) is 0 Å². The summed E-state index contributed by atoms with van der Waals surface area (Å²) in [6, 6.07) is 12.3. The number of aliphatic hydroxyl groups is 1. The van der Waals surface area contributed by atoms with E-state index in [4.69, 9.17) is 9.47 Å². The fourth-order valence-corrected chi connectivity index (χ4v) is 3.28. The van der Waals surface area contributed by atoms with E-state index in [1.165, 1.54) is 23.3 Å². The zero-order chi connectivity index (χ0) is 31.6. The molecule has 0 saturated carbocycles. The van der Waals surface area contributed by atoms with Crippen LogP contribution in [0.3, 0.4) is 0 Å². The topological polar surface area (TPSA) is 121 Å². The van der Waals surface area contributed by atoms with Gasteiger partial charge in [-0.05, 0) is 57.7 Å². The predicted octanol–water partition coefficient (Wildman–Crippen LogP) is 2.71. The summed E-state index contributed by atoms with van der Waals surface area (Å²) in [5, 5.41) is 23.4. The third-order valence-corrected chi connectivity index (χ3v) is 5.23. The van der Waals surface area contributed by atoms with Crippen LogP contribution in [0.4, 0.5) is 9.18 Å². The molecule has 2 aromatic rings. The Kier molecular flexibility index (Phi) is 21.2. The van der Waals surface area contributed by atoms with Crippen LogP contribution in [0.25, 0.3) is 11.1 Å². The summed E-state index contributed by atoms with van der Waals surface area (Å²) >= 11 is 0. The van der Waals surface area contributed by atoms with Crippen molar-refractivity contribution in [2.75, 3.05) is 13.7 Å². The zero-order valence-corrected chi connectivity index (χ0v) is 28.2. The number of hydrogen-bond acceptors (Lipinski definition) is 7. The van der Waals surface area contributed by atoms with E-state index in [-0.39, 0.29) is 54.5 Å². The number of carboxylic acid groups (broad SMARTS) is 1. The Balaban J connectivity index is 0. The smallest absolute Gasteiger partial charge is 0.550 e. The first-order valence-electron chi connectivity index (χ1n) is 13.3. The average Bonchev–Trinajstić information content (AvgIpc) is 2.92. The van der Waals surface area contributed by atoms with Crippen LogP contribution in [0.2, 0.25) is 0 Å². The molecule has 0 spiro atoms. The maximum Gasteiger partial charge on any atom is 1.00 e. The number of aliphatic carboxylic acids is 1. The number of amides is 1. The van der Waals surface area contributed by atoms with Crippen molar-refractivity contribution in [3.8, 4) is 17.0 Å². The van der Waals surface area contributed by atoms with Gasteiger partial charge in [-0.3, -0.25) is 0 Å². The summed E-state index contributed by atoms with van der Waals surface area (Å²) in [6.45, 7) is 17.5. The van der Waals surface area contributed by atoms with E-state index in [0.29, 0.717) is 5.88 Å². The molecule has 0 fully saturated rings. The van der Waals surface area contributed by atoms with Gasteiger partial charge in [-0.25, -0.2) is 14.2 Å². The minimum atomic E-state index is -1.43. The van der Waals surface area contributed by atoms with Crippen molar-refractivity contribution in [3.05, 3.63) is 84.9 Å². The van der Waals surface area contributed by atoms with Crippen LogP contribution in [0.15, 0.2) is 79.3 Å². The van der Waals surface area contributed by atoms with Crippen LogP contribution in [-0.4, -0.2) is 47.5 Å². The Morgan fingerprint density at radius 3 is 2.14 bits per heavy atom. The van der Waals surface area contributed by atoms with Crippen molar-refractivity contribution in [1.82, 2.24) is 10.3 Å². The number of ether oxygens (including phenoxy) is 2. The zero-order valence-electron chi connectivity index (χ0n) is 26.2. The van der Waals surface area contributed by atoms with E-state index in [1.54, 1.807) is 27.9 Å². The number of pyridine rings is 1. The van der Waals surface area contributed by atoms with Gasteiger partial charge in [0, 0.05) is 36.3 Å². The van der Waals surface area contributed by atoms with Crippen LogP contribution < -0.4 is 44.7 Å². The number of allylic oxidation sites excluding steroid dienone is 4. The summed E-state index contributed by atoms with van der Waals surface area (Å²) in [6.07, 6.45) is 2.14. The molecule has 0 bridgehead atoms. The molecule has 0 aliphatic carbocycles. The van der Waals surface area contributed by atoms with Crippen molar-refractivity contribution in [2.45, 2.75) is 66.1 Å². The second kappa shape index (κ2) is 21.7. The minimum Gasteiger partial charge on any atom is -0.550 e. The van der Waals surface area contributed by atoms with Crippen molar-refractivity contribution in [2.24, 2.45) is 5.92 Å². The molecule has 1 aromatic carbocycles. The molecule has 2 rings (SSSR count). The van der Waals surface area contributed by atoms with Crippen LogP contribution in [0.1, 0.15) is 53.0 Å². The van der Waals surface area contributed by atoms with E-state index in [2.05, 4.69) is 54.6 Å². The Morgan fingerprint density at radius 1 is 1.14 bits per heavy atom. The van der Waals surface area contributed by atoms with Gasteiger partial charge in [-0.2, -0.15) is 0 Å². The van der Waals surface area contributed by atoms with Crippen LogP contribution in [0.5, 0.6) is 5.88 Å². The summed E-state index contributed by atoms with van der Waals surface area (Å²) in [7, 11) is 1.62. The number of nitrogens with one attached hydrogen (secondary N) is 1. The SMILES string of the molecule is C=C/C=C(/CC(C[C@H](O)CNC(=O)OC(C)(C)C)C(=O)[O-])C(=C)F.CC.COc1ccc(-c2ccc(C)cc2)cn1.[Na+]. The van der Waals surface area contributed by atoms with E-state index < -0.39 is 35.5 Å². The number of rotatable bonds is 11. The average molecular weight is 595 g/mol. The maximum absolute atomic E-state index is 13.3. The number of carboxylic acids is 1. The first kappa shape index (κ1) is 41.2. The van der Waals surface area contributed by atoms with E-state index in [9.17, 15) is 24.2 Å². The number of nitrogens with zero attached hydrogens (tertiary/aromatic N) is 1. The van der Waals surface area contributed by atoms with Crippen molar-refractivity contribution < 1.29 is 63.2 Å². The normalized spacial score (nSPS) is 12.0. The molecule has 1 amide bonds. The Morgan fingerprint density at radius 2 is 1.71 bits per heavy atom. The van der Waals surface area contributed by atoms with Gasteiger partial charge in [0.15, 0.2) is 0 Å². The number of methoxy groups -OCH3 is 1. The van der Waals surface area contributed by atoms with Gasteiger partial charge in [0.2, 0.25) is 5.88 Å². The molecule has 0 saturated heterocycles. The summed E-state index contributed by atoms with van der Waals surface area (Å²) in [5.74, 6) is -2.70. The number of aryl methyl sites for hydroxylation is 1. The Bertz CT molecular complexity index is 1130. The molecule has 1 unspecified atom stereocenters. The molecular weight excluding hydrogens is 550 g/mol. The molecule has 2 N–H and O–H groups in total. The van der Waals surface area contributed by atoms with Gasteiger partial charge < -0.3 is 29.8 Å². The number of halogens is 1. The number of hydrogen-bond donors (Lipinski definition) is 2. The maximum atomic E-state index is 13.3. The monoisotopic (exact) mass is 594 g/mol. The van der Waals surface area contributed by atoms with Gasteiger partial charge in [-0.1, -0.05) is 69.0 Å². The Labute approximate surface area is 272 Å². The third-order valence-electron chi connectivity index (χ3n) is 5.23. The molecule has 42 heavy (non-hydrogen) atoms. The molecule has 0 aliphatic rings. The van der Waals surface area contributed by atoms with Crippen molar-refractivity contribution in [3.63, 3.8) is 0 Å². The standard InChI is InChI=1S/C17H26FNO5.C13H13NO.C2H6.Na/c1-6-7-12(11(2)18)8-13(15(21)22)9-14(20)10-19-16(23)24-17(3,4)5;1-10-3-5-11(6-4-10)12-7-8-13(15-2)14-9-12;1-2;/h6-7,13-14,20H,1-2,8-10H2,3-5H3,(H,19,23)(H,21,22);3-9H,1-2H3;1-2H3;/q;;;+1/p-1/b12-7-;;;/t13?,14-;;;/m0.../s1. The second-order valence-corrected chi connectivity index (χ2v) is 9.78. The van der Waals surface area contributed by atoms with Crippen LogP contribution in [-0.2, 0) is 9.53 Å². The number of aromatic nitrogens is 1.